The fourth-order valence-corrected chi connectivity index (χ4v) is 3.92. The fourth-order valence-electron chi connectivity index (χ4n) is 3.10. The van der Waals surface area contributed by atoms with Crippen LogP contribution in [0.1, 0.15) is 19.8 Å². The third-order valence-corrected chi connectivity index (χ3v) is 5.67. The second-order valence-corrected chi connectivity index (χ2v) is 8.30. The number of imidazole rings is 1. The van der Waals surface area contributed by atoms with Gasteiger partial charge in [0.1, 0.15) is 5.82 Å². The molecule has 0 aliphatic heterocycles. The Labute approximate surface area is 169 Å². The number of benzene rings is 2. The SMILES string of the molecule is CCCCn1c(-c2cc(Cl)c(OC)c(OC)c2)nc2cc(S(N)(=O)=O)ccc21. The van der Waals surface area contributed by atoms with Crippen molar-refractivity contribution in [2.24, 2.45) is 5.14 Å². The number of hydrogen-bond acceptors (Lipinski definition) is 5. The van der Waals surface area contributed by atoms with Gasteiger partial charge < -0.3 is 14.0 Å². The molecule has 3 rings (SSSR count). The molecule has 0 aliphatic rings. The molecule has 2 N–H and O–H groups in total. The molecule has 150 valence electrons. The van der Waals surface area contributed by atoms with Crippen molar-refractivity contribution in [2.75, 3.05) is 14.2 Å². The lowest BCUT2D eigenvalue weighted by Gasteiger charge is -2.13. The smallest absolute Gasteiger partial charge is 0.238 e. The van der Waals surface area contributed by atoms with E-state index in [-0.39, 0.29) is 4.90 Å². The number of halogens is 1. The van der Waals surface area contributed by atoms with Crippen molar-refractivity contribution in [1.29, 1.82) is 0 Å². The number of aromatic nitrogens is 2. The van der Waals surface area contributed by atoms with Crippen LogP contribution in [0.25, 0.3) is 22.4 Å². The first-order valence-electron chi connectivity index (χ1n) is 8.75. The Morgan fingerprint density at radius 1 is 1.18 bits per heavy atom. The number of fused-ring (bicyclic) bond motifs is 1. The van der Waals surface area contributed by atoms with Crippen molar-refractivity contribution < 1.29 is 17.9 Å². The van der Waals surface area contributed by atoms with E-state index in [4.69, 9.17) is 26.2 Å². The maximum Gasteiger partial charge on any atom is 0.238 e. The maximum atomic E-state index is 11.7. The second kappa shape index (κ2) is 7.98. The molecule has 1 heterocycles. The highest BCUT2D eigenvalue weighted by Crippen LogP contribution is 2.39. The van der Waals surface area contributed by atoms with E-state index in [0.29, 0.717) is 27.9 Å². The zero-order valence-electron chi connectivity index (χ0n) is 15.9. The van der Waals surface area contributed by atoms with Crippen LogP contribution in [0, 0.1) is 0 Å². The first-order chi connectivity index (χ1) is 13.3. The number of rotatable bonds is 7. The summed E-state index contributed by atoms with van der Waals surface area (Å²) in [6.45, 7) is 2.83. The van der Waals surface area contributed by atoms with Crippen LogP contribution in [0.5, 0.6) is 11.5 Å². The maximum absolute atomic E-state index is 11.7. The van der Waals surface area contributed by atoms with E-state index < -0.39 is 10.0 Å². The van der Waals surface area contributed by atoms with Crippen molar-refractivity contribution >= 4 is 32.7 Å². The van der Waals surface area contributed by atoms with Crippen molar-refractivity contribution in [1.82, 2.24) is 9.55 Å². The van der Waals surface area contributed by atoms with E-state index in [0.717, 1.165) is 30.5 Å². The molecule has 0 radical (unpaired) electrons. The van der Waals surface area contributed by atoms with Crippen LogP contribution in [0.2, 0.25) is 5.02 Å². The first kappa shape index (κ1) is 20.4. The molecule has 9 heteroatoms. The molecule has 0 saturated carbocycles. The molecule has 0 fully saturated rings. The monoisotopic (exact) mass is 423 g/mol. The minimum Gasteiger partial charge on any atom is -0.493 e. The summed E-state index contributed by atoms with van der Waals surface area (Å²) in [6, 6.07) is 8.26. The Bertz CT molecular complexity index is 1130. The van der Waals surface area contributed by atoms with Crippen molar-refractivity contribution in [2.45, 2.75) is 31.2 Å². The van der Waals surface area contributed by atoms with E-state index in [1.54, 1.807) is 18.2 Å². The van der Waals surface area contributed by atoms with Crippen molar-refractivity contribution in [3.63, 3.8) is 0 Å². The molecule has 0 spiro atoms. The molecular formula is C19H22ClN3O4S. The minimum atomic E-state index is -3.81. The summed E-state index contributed by atoms with van der Waals surface area (Å²) < 4.78 is 36.1. The standard InChI is InChI=1S/C19H22ClN3O4S/c1-4-5-8-23-16-7-6-13(28(21,24)25)11-15(16)22-19(23)12-9-14(20)18(27-3)17(10-12)26-2/h6-7,9-11H,4-5,8H2,1-3H3,(H2,21,24,25). The number of nitrogens with zero attached hydrogens (tertiary/aromatic N) is 2. The highest BCUT2D eigenvalue weighted by atomic mass is 35.5. The Morgan fingerprint density at radius 3 is 2.54 bits per heavy atom. The summed E-state index contributed by atoms with van der Waals surface area (Å²) in [5.41, 5.74) is 2.11. The minimum absolute atomic E-state index is 0.0250. The predicted octanol–water partition coefficient (Wildman–Crippen LogP) is 3.82. The molecule has 3 aromatic rings. The van der Waals surface area contributed by atoms with Gasteiger partial charge in [0.05, 0.1) is 35.2 Å². The average molecular weight is 424 g/mol. The Hall–Kier alpha value is -2.29. The second-order valence-electron chi connectivity index (χ2n) is 6.33. The van der Waals surface area contributed by atoms with Crippen molar-refractivity contribution in [3.05, 3.63) is 35.4 Å². The van der Waals surface area contributed by atoms with E-state index in [1.807, 2.05) is 4.57 Å². The van der Waals surface area contributed by atoms with Crippen LogP contribution in [0.15, 0.2) is 35.2 Å². The summed E-state index contributed by atoms with van der Waals surface area (Å²) in [7, 11) is -0.752. The number of methoxy groups -OCH3 is 2. The molecule has 0 bridgehead atoms. The van der Waals surface area contributed by atoms with Gasteiger partial charge in [0.15, 0.2) is 11.5 Å². The first-order valence-corrected chi connectivity index (χ1v) is 10.7. The molecule has 0 saturated heterocycles. The highest BCUT2D eigenvalue weighted by molar-refractivity contribution is 7.89. The molecule has 1 aromatic heterocycles. The molecule has 2 aromatic carbocycles. The van der Waals surface area contributed by atoms with E-state index in [1.165, 1.54) is 26.4 Å². The van der Waals surface area contributed by atoms with E-state index in [9.17, 15) is 8.42 Å². The molecule has 0 unspecified atom stereocenters. The van der Waals surface area contributed by atoms with Gasteiger partial charge in [-0.15, -0.1) is 0 Å². The van der Waals surface area contributed by atoms with Crippen LogP contribution in [-0.4, -0.2) is 32.2 Å². The van der Waals surface area contributed by atoms with Crippen LogP contribution >= 0.6 is 11.6 Å². The van der Waals surface area contributed by atoms with Crippen LogP contribution in [0.4, 0.5) is 0 Å². The molecule has 28 heavy (non-hydrogen) atoms. The van der Waals surface area contributed by atoms with Gasteiger partial charge in [0.25, 0.3) is 0 Å². The Kier molecular flexibility index (Phi) is 5.83. The molecule has 0 atom stereocenters. The summed E-state index contributed by atoms with van der Waals surface area (Å²) in [6.07, 6.45) is 1.94. The van der Waals surface area contributed by atoms with Gasteiger partial charge in [-0.05, 0) is 36.8 Å². The largest absolute Gasteiger partial charge is 0.493 e. The van der Waals surface area contributed by atoms with Crippen molar-refractivity contribution in [3.8, 4) is 22.9 Å². The van der Waals surface area contributed by atoms with Crippen LogP contribution in [0.3, 0.4) is 0 Å². The number of primary sulfonamides is 1. The average Bonchev–Trinajstić information content (AvgIpc) is 3.02. The molecular weight excluding hydrogens is 402 g/mol. The lowest BCUT2D eigenvalue weighted by molar-refractivity contribution is 0.355. The molecule has 7 nitrogen and oxygen atoms in total. The van der Waals surface area contributed by atoms with Gasteiger partial charge >= 0.3 is 0 Å². The number of sulfonamides is 1. The number of unbranched alkanes of at least 4 members (excludes halogenated alkanes) is 1. The Morgan fingerprint density at radius 2 is 1.93 bits per heavy atom. The van der Waals surface area contributed by atoms with Crippen LogP contribution < -0.4 is 14.6 Å². The third kappa shape index (κ3) is 3.80. The van der Waals surface area contributed by atoms with Gasteiger partial charge in [-0.1, -0.05) is 24.9 Å². The zero-order chi connectivity index (χ0) is 20.5. The highest BCUT2D eigenvalue weighted by Gasteiger charge is 2.19. The summed E-state index contributed by atoms with van der Waals surface area (Å²) >= 11 is 6.37. The summed E-state index contributed by atoms with van der Waals surface area (Å²) in [4.78, 5) is 4.69. The van der Waals surface area contributed by atoms with Gasteiger partial charge in [-0.3, -0.25) is 0 Å². The lowest BCUT2D eigenvalue weighted by atomic mass is 10.1. The molecule has 0 aliphatic carbocycles. The Balaban J connectivity index is 2.25. The summed E-state index contributed by atoms with van der Waals surface area (Å²) in [5.74, 6) is 1.60. The fraction of sp³-hybridized carbons (Fsp3) is 0.316. The zero-order valence-corrected chi connectivity index (χ0v) is 17.5. The quantitative estimate of drug-likeness (QED) is 0.623. The third-order valence-electron chi connectivity index (χ3n) is 4.48. The number of ether oxygens (including phenoxy) is 2. The van der Waals surface area contributed by atoms with E-state index in [2.05, 4.69) is 11.9 Å². The molecule has 0 amide bonds. The van der Waals surface area contributed by atoms with Gasteiger partial charge in [-0.2, -0.15) is 0 Å². The topological polar surface area (TPSA) is 96.4 Å². The number of nitrogens with two attached hydrogens (primary N) is 1. The predicted molar refractivity (Wildman–Crippen MR) is 110 cm³/mol. The normalized spacial score (nSPS) is 11.8. The number of hydrogen-bond donors (Lipinski definition) is 1. The number of aryl methyl sites for hydroxylation is 1. The van der Waals surface area contributed by atoms with Crippen LogP contribution in [-0.2, 0) is 16.6 Å². The summed E-state index contributed by atoms with van der Waals surface area (Å²) in [5, 5.41) is 5.66. The van der Waals surface area contributed by atoms with Gasteiger partial charge in [-0.25, -0.2) is 18.5 Å². The van der Waals surface area contributed by atoms with E-state index >= 15 is 0 Å². The lowest BCUT2D eigenvalue weighted by Crippen LogP contribution is -2.11. The van der Waals surface area contributed by atoms with Gasteiger partial charge in [0.2, 0.25) is 10.0 Å². The van der Waals surface area contributed by atoms with Gasteiger partial charge in [0, 0.05) is 12.1 Å².